The molecule has 2 fully saturated rings. The van der Waals surface area contributed by atoms with Crippen LogP contribution >= 0.6 is 0 Å². The summed E-state index contributed by atoms with van der Waals surface area (Å²) in [4.78, 5) is 4.46. The van der Waals surface area contributed by atoms with Crippen LogP contribution in [-0.2, 0) is 14.7 Å². The highest BCUT2D eigenvalue weighted by Crippen LogP contribution is 2.36. The maximum atomic E-state index is 9.33. The molecule has 0 atom stereocenters. The number of hydrogen-bond acceptors (Lipinski definition) is 5. The summed E-state index contributed by atoms with van der Waals surface area (Å²) in [6, 6.07) is 6.21. The summed E-state index contributed by atoms with van der Waals surface area (Å²) in [6.07, 6.45) is 1.76. The van der Waals surface area contributed by atoms with Gasteiger partial charge in [-0.15, -0.1) is 0 Å². The molecule has 0 amide bonds. The molecule has 0 unspecified atom stereocenters. The minimum Gasteiger partial charge on any atom is -0.399 e. The standard InChI is InChI=1S/C15H20BN3O2/c1-13(2)14(3,4)21-16(20-13)11-5-6-12(19-7-11)15(8-17)9-18-10-15/h5-7,18H,9-10H2,1-4H3. The Labute approximate surface area is 125 Å². The molecule has 0 saturated carbocycles. The van der Waals surface area contributed by atoms with Gasteiger partial charge in [0.25, 0.3) is 0 Å². The molecule has 3 heterocycles. The van der Waals surface area contributed by atoms with Gasteiger partial charge in [-0.05, 0) is 33.8 Å². The molecule has 0 radical (unpaired) electrons. The van der Waals surface area contributed by atoms with E-state index in [1.54, 1.807) is 6.20 Å². The largest absolute Gasteiger partial charge is 0.496 e. The highest BCUT2D eigenvalue weighted by atomic mass is 16.7. The number of nitriles is 1. The second-order valence-electron chi connectivity index (χ2n) is 6.86. The molecule has 2 aliphatic rings. The van der Waals surface area contributed by atoms with Gasteiger partial charge in [-0.2, -0.15) is 5.26 Å². The summed E-state index contributed by atoms with van der Waals surface area (Å²) in [7, 11) is -0.408. The van der Waals surface area contributed by atoms with E-state index in [0.717, 1.165) is 11.2 Å². The summed E-state index contributed by atoms with van der Waals surface area (Å²) < 4.78 is 12.0. The number of nitrogens with one attached hydrogen (secondary N) is 1. The fraction of sp³-hybridized carbons (Fsp3) is 0.600. The SMILES string of the molecule is CC1(C)OB(c2ccc(C3(C#N)CNC3)nc2)OC1(C)C. The zero-order chi connectivity index (χ0) is 15.3. The summed E-state index contributed by atoms with van der Waals surface area (Å²) in [5.41, 5.74) is 0.500. The number of rotatable bonds is 2. The van der Waals surface area contributed by atoms with Crippen LogP contribution in [0.5, 0.6) is 0 Å². The van der Waals surface area contributed by atoms with Gasteiger partial charge in [-0.1, -0.05) is 6.07 Å². The van der Waals surface area contributed by atoms with Crippen LogP contribution < -0.4 is 10.8 Å². The first kappa shape index (κ1) is 14.5. The number of pyridine rings is 1. The lowest BCUT2D eigenvalue weighted by Gasteiger charge is -2.35. The van der Waals surface area contributed by atoms with Crippen molar-refractivity contribution in [3.8, 4) is 6.07 Å². The van der Waals surface area contributed by atoms with Gasteiger partial charge in [0.1, 0.15) is 5.41 Å². The van der Waals surface area contributed by atoms with E-state index in [1.165, 1.54) is 0 Å². The van der Waals surface area contributed by atoms with Gasteiger partial charge in [0.2, 0.25) is 0 Å². The fourth-order valence-electron chi connectivity index (χ4n) is 2.50. The molecule has 0 aromatic carbocycles. The molecule has 2 saturated heterocycles. The van der Waals surface area contributed by atoms with Crippen molar-refractivity contribution >= 4 is 12.6 Å². The van der Waals surface area contributed by atoms with Gasteiger partial charge in [-0.3, -0.25) is 4.98 Å². The highest BCUT2D eigenvalue weighted by molar-refractivity contribution is 6.62. The van der Waals surface area contributed by atoms with E-state index in [-0.39, 0.29) is 11.2 Å². The third-order valence-corrected chi connectivity index (χ3v) is 4.87. The summed E-state index contributed by atoms with van der Waals surface area (Å²) >= 11 is 0. The molecule has 1 aromatic rings. The van der Waals surface area contributed by atoms with Crippen LogP contribution in [0.3, 0.4) is 0 Å². The van der Waals surface area contributed by atoms with Crippen molar-refractivity contribution in [2.45, 2.75) is 44.3 Å². The normalized spacial score (nSPS) is 25.2. The van der Waals surface area contributed by atoms with E-state index in [2.05, 4.69) is 16.4 Å². The van der Waals surface area contributed by atoms with E-state index < -0.39 is 12.5 Å². The first-order valence-corrected chi connectivity index (χ1v) is 7.24. The maximum Gasteiger partial charge on any atom is 0.496 e. The van der Waals surface area contributed by atoms with Crippen LogP contribution in [-0.4, -0.2) is 36.4 Å². The smallest absolute Gasteiger partial charge is 0.399 e. The molecule has 0 spiro atoms. The number of aromatic nitrogens is 1. The van der Waals surface area contributed by atoms with Crippen LogP contribution in [0.4, 0.5) is 0 Å². The second kappa shape index (κ2) is 4.54. The third-order valence-electron chi connectivity index (χ3n) is 4.87. The molecule has 2 aliphatic heterocycles. The highest BCUT2D eigenvalue weighted by Gasteiger charge is 2.52. The lowest BCUT2D eigenvalue weighted by molar-refractivity contribution is 0.00578. The van der Waals surface area contributed by atoms with Crippen molar-refractivity contribution < 1.29 is 9.31 Å². The zero-order valence-corrected chi connectivity index (χ0v) is 12.9. The molecule has 1 aromatic heterocycles. The fourth-order valence-corrected chi connectivity index (χ4v) is 2.50. The first-order chi connectivity index (χ1) is 9.80. The zero-order valence-electron chi connectivity index (χ0n) is 12.9. The van der Waals surface area contributed by atoms with Gasteiger partial charge >= 0.3 is 7.12 Å². The average molecular weight is 285 g/mol. The Bertz CT molecular complexity index is 572. The van der Waals surface area contributed by atoms with Crippen LogP contribution in [0, 0.1) is 11.3 Å². The Morgan fingerprint density at radius 1 is 1.19 bits per heavy atom. The van der Waals surface area contributed by atoms with Gasteiger partial charge in [0.05, 0.1) is 23.0 Å². The Morgan fingerprint density at radius 2 is 1.81 bits per heavy atom. The lowest BCUT2D eigenvalue weighted by Crippen LogP contribution is -2.56. The van der Waals surface area contributed by atoms with Crippen LogP contribution in [0.15, 0.2) is 18.3 Å². The van der Waals surface area contributed by atoms with Gasteiger partial charge < -0.3 is 14.6 Å². The van der Waals surface area contributed by atoms with E-state index in [1.807, 2.05) is 39.8 Å². The van der Waals surface area contributed by atoms with Crippen molar-refractivity contribution in [1.29, 1.82) is 5.26 Å². The molecule has 3 rings (SSSR count). The molecule has 5 nitrogen and oxygen atoms in total. The number of nitrogens with zero attached hydrogens (tertiary/aromatic N) is 2. The van der Waals surface area contributed by atoms with E-state index in [4.69, 9.17) is 9.31 Å². The van der Waals surface area contributed by atoms with Gasteiger partial charge in [0, 0.05) is 24.7 Å². The molecule has 0 bridgehead atoms. The quantitative estimate of drug-likeness (QED) is 0.812. The van der Waals surface area contributed by atoms with Gasteiger partial charge in [-0.25, -0.2) is 0 Å². The predicted octanol–water partition coefficient (Wildman–Crippen LogP) is 0.745. The van der Waals surface area contributed by atoms with E-state index >= 15 is 0 Å². The van der Waals surface area contributed by atoms with E-state index in [9.17, 15) is 5.26 Å². The lowest BCUT2D eigenvalue weighted by atomic mass is 9.77. The van der Waals surface area contributed by atoms with Crippen molar-refractivity contribution in [3.63, 3.8) is 0 Å². The molecule has 0 aliphatic carbocycles. The molecule has 6 heteroatoms. The number of hydrogen-bond donors (Lipinski definition) is 1. The molecule has 110 valence electrons. The van der Waals surface area contributed by atoms with Crippen LogP contribution in [0.1, 0.15) is 33.4 Å². The molecular weight excluding hydrogens is 265 g/mol. The van der Waals surface area contributed by atoms with Crippen molar-refractivity contribution in [3.05, 3.63) is 24.0 Å². The third kappa shape index (κ3) is 2.17. The summed E-state index contributed by atoms with van der Waals surface area (Å²) in [6.45, 7) is 9.43. The molecule has 1 N–H and O–H groups in total. The first-order valence-electron chi connectivity index (χ1n) is 7.24. The van der Waals surface area contributed by atoms with Crippen molar-refractivity contribution in [2.75, 3.05) is 13.1 Å². The summed E-state index contributed by atoms with van der Waals surface area (Å²) in [5, 5.41) is 12.5. The Kier molecular flexibility index (Phi) is 3.14. The Hall–Kier alpha value is -1.42. The predicted molar refractivity (Wildman–Crippen MR) is 80.1 cm³/mol. The van der Waals surface area contributed by atoms with Crippen LogP contribution in [0.2, 0.25) is 0 Å². The van der Waals surface area contributed by atoms with E-state index in [0.29, 0.717) is 13.1 Å². The van der Waals surface area contributed by atoms with Gasteiger partial charge in [0.15, 0.2) is 0 Å². The minimum absolute atomic E-state index is 0.359. The second-order valence-corrected chi connectivity index (χ2v) is 6.86. The Morgan fingerprint density at radius 3 is 2.19 bits per heavy atom. The molecule has 21 heavy (non-hydrogen) atoms. The van der Waals surface area contributed by atoms with Crippen molar-refractivity contribution in [2.24, 2.45) is 0 Å². The minimum atomic E-state index is -0.478. The summed E-state index contributed by atoms with van der Waals surface area (Å²) in [5.74, 6) is 0. The monoisotopic (exact) mass is 285 g/mol. The Balaban J connectivity index is 1.82. The molecular formula is C15H20BN3O2. The maximum absolute atomic E-state index is 9.33. The average Bonchev–Trinajstić information content (AvgIpc) is 2.59. The van der Waals surface area contributed by atoms with Crippen LogP contribution in [0.25, 0.3) is 0 Å². The topological polar surface area (TPSA) is 67.2 Å². The van der Waals surface area contributed by atoms with Crippen molar-refractivity contribution in [1.82, 2.24) is 10.3 Å².